The van der Waals surface area contributed by atoms with E-state index in [4.69, 9.17) is 20.2 Å². The van der Waals surface area contributed by atoms with Crippen LogP contribution in [0.1, 0.15) is 31.2 Å². The molecule has 2 aromatic heterocycles. The third-order valence-electron chi connectivity index (χ3n) is 5.21. The topological polar surface area (TPSA) is 92.3 Å². The Morgan fingerprint density at radius 3 is 2.71 bits per heavy atom. The molecule has 0 aliphatic rings. The zero-order valence-corrected chi connectivity index (χ0v) is 17.6. The van der Waals surface area contributed by atoms with Crippen molar-refractivity contribution in [1.82, 2.24) is 14.5 Å². The van der Waals surface area contributed by atoms with Crippen molar-refractivity contribution in [3.63, 3.8) is 0 Å². The van der Waals surface area contributed by atoms with E-state index >= 15 is 0 Å². The minimum absolute atomic E-state index is 0.327. The number of imidazole rings is 1. The number of fused-ring (bicyclic) bond motifs is 3. The van der Waals surface area contributed by atoms with Gasteiger partial charge in [-0.1, -0.05) is 37.3 Å². The van der Waals surface area contributed by atoms with E-state index in [0.717, 1.165) is 64.9 Å². The molecular weight excluding hydrogens is 392 g/mol. The number of nitrogens with two attached hydrogens (primary N) is 1. The van der Waals surface area contributed by atoms with E-state index in [-0.39, 0.29) is 0 Å². The van der Waals surface area contributed by atoms with E-state index in [9.17, 15) is 4.79 Å². The molecule has 1 amide bonds. The van der Waals surface area contributed by atoms with Gasteiger partial charge in [0, 0.05) is 24.4 Å². The van der Waals surface area contributed by atoms with Crippen LogP contribution in [0.5, 0.6) is 5.75 Å². The van der Waals surface area contributed by atoms with Crippen LogP contribution in [0.15, 0.2) is 54.7 Å². The first-order valence-corrected chi connectivity index (χ1v) is 10.5. The number of ether oxygens (including phenoxy) is 2. The molecule has 0 aliphatic carbocycles. The summed E-state index contributed by atoms with van der Waals surface area (Å²) in [7, 11) is 0. The first-order chi connectivity index (χ1) is 15.2. The fourth-order valence-corrected chi connectivity index (χ4v) is 3.73. The number of aryl methyl sites for hydroxylation is 2. The van der Waals surface area contributed by atoms with Gasteiger partial charge in [-0.05, 0) is 30.5 Å². The molecule has 160 valence electrons. The molecule has 4 rings (SSSR count). The third kappa shape index (κ3) is 4.77. The Kier molecular flexibility index (Phi) is 6.31. The lowest BCUT2D eigenvalue weighted by molar-refractivity contribution is 0.154. The molecule has 2 N–H and O–H groups in total. The lowest BCUT2D eigenvalue weighted by Crippen LogP contribution is -2.14. The monoisotopic (exact) mass is 418 g/mol. The largest absolute Gasteiger partial charge is 0.489 e. The van der Waals surface area contributed by atoms with E-state index in [2.05, 4.69) is 22.5 Å². The van der Waals surface area contributed by atoms with Gasteiger partial charge in [0.25, 0.3) is 0 Å². The van der Waals surface area contributed by atoms with Crippen molar-refractivity contribution in [2.24, 2.45) is 5.73 Å². The van der Waals surface area contributed by atoms with Crippen LogP contribution in [0.4, 0.5) is 4.79 Å². The van der Waals surface area contributed by atoms with Gasteiger partial charge in [0.05, 0.1) is 23.8 Å². The van der Waals surface area contributed by atoms with Crippen molar-refractivity contribution in [2.75, 3.05) is 6.61 Å². The summed E-state index contributed by atoms with van der Waals surface area (Å²) in [5.74, 6) is 1.80. The number of hydrogen-bond donors (Lipinski definition) is 1. The second-order valence-corrected chi connectivity index (χ2v) is 7.35. The normalized spacial score (nSPS) is 11.1. The third-order valence-corrected chi connectivity index (χ3v) is 5.21. The predicted molar refractivity (Wildman–Crippen MR) is 120 cm³/mol. The number of benzene rings is 2. The van der Waals surface area contributed by atoms with E-state index in [0.29, 0.717) is 13.2 Å². The molecule has 31 heavy (non-hydrogen) atoms. The standard InChI is InChI=1S/C24H26N4O3/c1-2-22-27-21-15-26-20-14-18(31-16-17-8-4-3-5-9-17)10-11-19(20)23(21)28(22)12-6-7-13-30-24(25)29/h3-5,8-11,14-15H,2,6-7,12-13,16H2,1H3,(H2,25,29). The Morgan fingerprint density at radius 1 is 1.10 bits per heavy atom. The van der Waals surface area contributed by atoms with Gasteiger partial charge in [0.1, 0.15) is 23.7 Å². The average molecular weight is 418 g/mol. The van der Waals surface area contributed by atoms with E-state index < -0.39 is 6.09 Å². The quantitative estimate of drug-likeness (QED) is 0.401. The summed E-state index contributed by atoms with van der Waals surface area (Å²) in [6.07, 6.45) is 3.52. The number of pyridine rings is 1. The maximum absolute atomic E-state index is 10.7. The molecule has 0 bridgehead atoms. The molecule has 0 saturated carbocycles. The van der Waals surface area contributed by atoms with E-state index in [1.165, 1.54) is 0 Å². The van der Waals surface area contributed by atoms with Gasteiger partial charge in [0.15, 0.2) is 0 Å². The van der Waals surface area contributed by atoms with Crippen LogP contribution in [0, 0.1) is 0 Å². The highest BCUT2D eigenvalue weighted by Gasteiger charge is 2.14. The Hall–Kier alpha value is -3.61. The molecule has 0 spiro atoms. The summed E-state index contributed by atoms with van der Waals surface area (Å²) in [5, 5.41) is 1.05. The maximum Gasteiger partial charge on any atom is 0.404 e. The molecule has 0 unspecified atom stereocenters. The lowest BCUT2D eigenvalue weighted by Gasteiger charge is -2.11. The summed E-state index contributed by atoms with van der Waals surface area (Å²) in [6.45, 7) is 3.72. The van der Waals surface area contributed by atoms with Crippen LogP contribution in [-0.4, -0.2) is 27.2 Å². The number of aromatic nitrogens is 3. The SMILES string of the molecule is CCc1nc2cnc3cc(OCc4ccccc4)ccc3c2n1CCCCOC(N)=O. The van der Waals surface area contributed by atoms with Gasteiger partial charge in [-0.15, -0.1) is 0 Å². The van der Waals surface area contributed by atoms with Gasteiger partial charge in [-0.25, -0.2) is 9.78 Å². The molecule has 0 aliphatic heterocycles. The summed E-state index contributed by atoms with van der Waals surface area (Å²) in [5.41, 5.74) is 8.98. The van der Waals surface area contributed by atoms with Gasteiger partial charge >= 0.3 is 6.09 Å². The number of hydrogen-bond acceptors (Lipinski definition) is 5. The minimum atomic E-state index is -0.732. The number of carbonyl (C=O) groups excluding carboxylic acids is 1. The van der Waals surface area contributed by atoms with Crippen molar-refractivity contribution >= 4 is 28.0 Å². The molecule has 0 atom stereocenters. The van der Waals surface area contributed by atoms with Gasteiger partial charge < -0.3 is 19.8 Å². The van der Waals surface area contributed by atoms with Crippen LogP contribution in [0.2, 0.25) is 0 Å². The fraction of sp³-hybridized carbons (Fsp3) is 0.292. The Morgan fingerprint density at radius 2 is 1.94 bits per heavy atom. The van der Waals surface area contributed by atoms with Crippen molar-refractivity contribution in [2.45, 2.75) is 39.3 Å². The number of primary amides is 1. The molecule has 0 radical (unpaired) electrons. The molecule has 7 nitrogen and oxygen atoms in total. The summed E-state index contributed by atoms with van der Waals surface area (Å²) >= 11 is 0. The molecule has 2 aromatic carbocycles. The highest BCUT2D eigenvalue weighted by Crippen LogP contribution is 2.28. The summed E-state index contributed by atoms with van der Waals surface area (Å²) in [4.78, 5) is 20.1. The number of carbonyl (C=O) groups is 1. The van der Waals surface area contributed by atoms with Crippen molar-refractivity contribution < 1.29 is 14.3 Å². The maximum atomic E-state index is 10.7. The Balaban J connectivity index is 1.58. The zero-order valence-electron chi connectivity index (χ0n) is 17.6. The predicted octanol–water partition coefficient (Wildman–Crippen LogP) is 4.60. The van der Waals surface area contributed by atoms with Crippen molar-refractivity contribution in [1.29, 1.82) is 0 Å². The van der Waals surface area contributed by atoms with Gasteiger partial charge in [-0.3, -0.25) is 4.98 Å². The van der Waals surface area contributed by atoms with Gasteiger partial charge in [-0.2, -0.15) is 0 Å². The number of amides is 1. The average Bonchev–Trinajstić information content (AvgIpc) is 3.16. The first kappa shape index (κ1) is 20.7. The number of rotatable bonds is 9. The zero-order chi connectivity index (χ0) is 21.6. The smallest absolute Gasteiger partial charge is 0.404 e. The fourth-order valence-electron chi connectivity index (χ4n) is 3.73. The van der Waals surface area contributed by atoms with E-state index in [1.54, 1.807) is 0 Å². The lowest BCUT2D eigenvalue weighted by atomic mass is 10.1. The molecule has 0 fully saturated rings. The second-order valence-electron chi connectivity index (χ2n) is 7.35. The summed E-state index contributed by atoms with van der Waals surface area (Å²) < 4.78 is 13.0. The van der Waals surface area contributed by atoms with Gasteiger partial charge in [0.2, 0.25) is 0 Å². The van der Waals surface area contributed by atoms with E-state index in [1.807, 2.05) is 48.7 Å². The Bertz CT molecular complexity index is 1190. The molecule has 7 heteroatoms. The van der Waals surface area contributed by atoms with Crippen LogP contribution < -0.4 is 10.5 Å². The second kappa shape index (κ2) is 9.47. The number of unbranched alkanes of at least 4 members (excludes halogenated alkanes) is 1. The first-order valence-electron chi connectivity index (χ1n) is 10.5. The Labute approximate surface area is 180 Å². The van der Waals surface area contributed by atoms with Crippen LogP contribution in [0.3, 0.4) is 0 Å². The summed E-state index contributed by atoms with van der Waals surface area (Å²) in [6, 6.07) is 16.1. The molecule has 2 heterocycles. The highest BCUT2D eigenvalue weighted by molar-refractivity contribution is 6.02. The highest BCUT2D eigenvalue weighted by atomic mass is 16.5. The van der Waals surface area contributed by atoms with Crippen molar-refractivity contribution in [3.05, 3.63) is 66.1 Å². The molecule has 0 saturated heterocycles. The van der Waals surface area contributed by atoms with Crippen LogP contribution in [-0.2, 0) is 24.3 Å². The van der Waals surface area contributed by atoms with Crippen molar-refractivity contribution in [3.8, 4) is 5.75 Å². The molecular formula is C24H26N4O3. The minimum Gasteiger partial charge on any atom is -0.489 e. The van der Waals surface area contributed by atoms with Crippen LogP contribution in [0.25, 0.3) is 21.9 Å². The molecule has 4 aromatic rings. The van der Waals surface area contributed by atoms with Crippen LogP contribution >= 0.6 is 0 Å². The number of nitrogens with zero attached hydrogens (tertiary/aromatic N) is 3.